The van der Waals surface area contributed by atoms with Gasteiger partial charge in [-0.3, -0.25) is 0 Å². The zero-order valence-electron chi connectivity index (χ0n) is 12.2. The third-order valence-corrected chi connectivity index (χ3v) is 3.55. The maximum atomic E-state index is 12.0. The second-order valence-electron chi connectivity index (χ2n) is 5.31. The molecule has 3 N–H and O–H groups in total. The number of pyridine rings is 1. The molecule has 0 spiro atoms. The number of aromatic nitrogens is 1. The Labute approximate surface area is 119 Å². The zero-order valence-corrected chi connectivity index (χ0v) is 12.2. The van der Waals surface area contributed by atoms with Crippen molar-refractivity contribution in [2.75, 3.05) is 17.7 Å². The molecule has 1 fully saturated rings. The lowest BCUT2D eigenvalue weighted by Gasteiger charge is -2.19. The summed E-state index contributed by atoms with van der Waals surface area (Å²) < 4.78 is 5.06. The van der Waals surface area contributed by atoms with Crippen molar-refractivity contribution >= 4 is 17.5 Å². The molecule has 2 rings (SSSR count). The van der Waals surface area contributed by atoms with E-state index in [0.29, 0.717) is 29.7 Å². The molecule has 0 amide bonds. The lowest BCUT2D eigenvalue weighted by atomic mass is 10.1. The second kappa shape index (κ2) is 6.59. The number of rotatable bonds is 7. The number of anilines is 2. The first-order chi connectivity index (χ1) is 9.63. The first-order valence-corrected chi connectivity index (χ1v) is 7.33. The van der Waals surface area contributed by atoms with Crippen LogP contribution in [0.5, 0.6) is 0 Å². The third-order valence-electron chi connectivity index (χ3n) is 3.55. The summed E-state index contributed by atoms with van der Waals surface area (Å²) >= 11 is 0. The van der Waals surface area contributed by atoms with E-state index in [1.807, 2.05) is 0 Å². The number of nitrogens with one attached hydrogen (secondary N) is 1. The zero-order chi connectivity index (χ0) is 14.5. The minimum atomic E-state index is -0.379. The van der Waals surface area contributed by atoms with Crippen LogP contribution in [0.2, 0.25) is 0 Å². The molecule has 1 atom stereocenters. The number of carbonyl (C=O) groups is 1. The van der Waals surface area contributed by atoms with E-state index in [0.717, 1.165) is 18.8 Å². The molecule has 1 aliphatic carbocycles. The summed E-state index contributed by atoms with van der Waals surface area (Å²) in [6.45, 7) is 4.26. The topological polar surface area (TPSA) is 77.2 Å². The van der Waals surface area contributed by atoms with Gasteiger partial charge in [-0.2, -0.15) is 0 Å². The Morgan fingerprint density at radius 2 is 2.30 bits per heavy atom. The average molecular weight is 277 g/mol. The van der Waals surface area contributed by atoms with E-state index in [2.05, 4.69) is 17.2 Å². The summed E-state index contributed by atoms with van der Waals surface area (Å²) in [6.07, 6.45) is 6.33. The van der Waals surface area contributed by atoms with E-state index in [-0.39, 0.29) is 5.97 Å². The first-order valence-electron chi connectivity index (χ1n) is 7.33. The van der Waals surface area contributed by atoms with E-state index in [4.69, 9.17) is 10.5 Å². The lowest BCUT2D eigenvalue weighted by Crippen LogP contribution is -2.22. The lowest BCUT2D eigenvalue weighted by molar-refractivity contribution is 0.0527. The number of nitrogens with two attached hydrogens (primary N) is 1. The fourth-order valence-electron chi connectivity index (χ4n) is 2.24. The predicted molar refractivity (Wildman–Crippen MR) is 79.6 cm³/mol. The van der Waals surface area contributed by atoms with Crippen LogP contribution in [0.4, 0.5) is 11.5 Å². The number of nitrogens with zero attached hydrogens (tertiary/aromatic N) is 1. The van der Waals surface area contributed by atoms with E-state index < -0.39 is 0 Å². The molecular weight excluding hydrogens is 254 g/mol. The van der Waals surface area contributed by atoms with Crippen LogP contribution in [0.15, 0.2) is 12.3 Å². The number of hydrogen-bond acceptors (Lipinski definition) is 5. The molecule has 0 aromatic carbocycles. The Bertz CT molecular complexity index is 472. The van der Waals surface area contributed by atoms with Crippen molar-refractivity contribution in [2.45, 2.75) is 45.6 Å². The highest BCUT2D eigenvalue weighted by molar-refractivity contribution is 5.95. The maximum absolute atomic E-state index is 12.0. The van der Waals surface area contributed by atoms with E-state index in [1.165, 1.54) is 12.8 Å². The summed E-state index contributed by atoms with van der Waals surface area (Å²) in [5, 5.41) is 3.37. The molecule has 20 heavy (non-hydrogen) atoms. The first kappa shape index (κ1) is 14.6. The van der Waals surface area contributed by atoms with Crippen molar-refractivity contribution in [3.05, 3.63) is 17.8 Å². The monoisotopic (exact) mass is 277 g/mol. The number of carbonyl (C=O) groups excluding carboxylic acids is 1. The van der Waals surface area contributed by atoms with Crippen LogP contribution in [0.25, 0.3) is 0 Å². The fraction of sp³-hybridized carbons (Fsp3) is 0.600. The van der Waals surface area contributed by atoms with Gasteiger partial charge in [0.2, 0.25) is 0 Å². The molecule has 0 saturated heterocycles. The van der Waals surface area contributed by atoms with Crippen LogP contribution < -0.4 is 11.1 Å². The van der Waals surface area contributed by atoms with Crippen molar-refractivity contribution in [3.63, 3.8) is 0 Å². The Morgan fingerprint density at radius 1 is 1.55 bits per heavy atom. The maximum Gasteiger partial charge on any atom is 0.341 e. The van der Waals surface area contributed by atoms with Gasteiger partial charge in [0.05, 0.1) is 18.5 Å². The van der Waals surface area contributed by atoms with Gasteiger partial charge >= 0.3 is 5.97 Å². The average Bonchev–Trinajstić information content (AvgIpc) is 3.24. The van der Waals surface area contributed by atoms with E-state index in [1.54, 1.807) is 19.2 Å². The van der Waals surface area contributed by atoms with Crippen LogP contribution in [0.3, 0.4) is 0 Å². The van der Waals surface area contributed by atoms with Crippen LogP contribution in [-0.4, -0.2) is 23.6 Å². The van der Waals surface area contributed by atoms with Gasteiger partial charge in [0.25, 0.3) is 0 Å². The quantitative estimate of drug-likeness (QED) is 0.749. The van der Waals surface area contributed by atoms with Crippen LogP contribution in [0, 0.1) is 5.92 Å². The van der Waals surface area contributed by atoms with E-state index in [9.17, 15) is 4.79 Å². The van der Waals surface area contributed by atoms with Gasteiger partial charge in [-0.15, -0.1) is 0 Å². The van der Waals surface area contributed by atoms with Crippen molar-refractivity contribution < 1.29 is 9.53 Å². The highest BCUT2D eigenvalue weighted by atomic mass is 16.5. The van der Waals surface area contributed by atoms with Crippen LogP contribution in [0.1, 0.15) is 49.9 Å². The number of nitrogen functional groups attached to an aromatic ring is 1. The normalized spacial score (nSPS) is 15.7. The highest BCUT2D eigenvalue weighted by Crippen LogP contribution is 2.35. The standard InChI is InChI=1S/C15H23N3O2/c1-3-12(7-10-5-6-10)18-14-13(15(19)20-4-2)8-11(16)9-17-14/h8-10,12H,3-7,16H2,1-2H3,(H,17,18). The number of ether oxygens (including phenoxy) is 1. The molecule has 1 unspecified atom stereocenters. The summed E-state index contributed by atoms with van der Waals surface area (Å²) in [5.41, 5.74) is 6.60. The smallest absolute Gasteiger partial charge is 0.341 e. The van der Waals surface area contributed by atoms with E-state index >= 15 is 0 Å². The van der Waals surface area contributed by atoms with Gasteiger partial charge in [-0.1, -0.05) is 19.8 Å². The van der Waals surface area contributed by atoms with Gasteiger partial charge < -0.3 is 15.8 Å². The van der Waals surface area contributed by atoms with Crippen molar-refractivity contribution in [1.29, 1.82) is 0 Å². The minimum absolute atomic E-state index is 0.340. The predicted octanol–water partition coefficient (Wildman–Crippen LogP) is 2.83. The highest BCUT2D eigenvalue weighted by Gasteiger charge is 2.26. The molecule has 5 nitrogen and oxygen atoms in total. The van der Waals surface area contributed by atoms with Gasteiger partial charge in [0.15, 0.2) is 0 Å². The summed E-state index contributed by atoms with van der Waals surface area (Å²) in [4.78, 5) is 16.2. The summed E-state index contributed by atoms with van der Waals surface area (Å²) in [5.74, 6) is 1.02. The van der Waals surface area contributed by atoms with Crippen molar-refractivity contribution in [3.8, 4) is 0 Å². The molecule has 1 aromatic heterocycles. The van der Waals surface area contributed by atoms with Crippen molar-refractivity contribution in [1.82, 2.24) is 4.98 Å². The molecule has 110 valence electrons. The number of hydrogen-bond donors (Lipinski definition) is 2. The molecule has 0 bridgehead atoms. The Balaban J connectivity index is 2.13. The van der Waals surface area contributed by atoms with Crippen molar-refractivity contribution in [2.24, 2.45) is 5.92 Å². The molecular formula is C15H23N3O2. The molecule has 0 aliphatic heterocycles. The molecule has 1 aliphatic rings. The Kier molecular flexibility index (Phi) is 4.82. The summed E-state index contributed by atoms with van der Waals surface area (Å²) in [7, 11) is 0. The van der Waals surface area contributed by atoms with Gasteiger partial charge in [0.1, 0.15) is 11.4 Å². The number of esters is 1. The molecule has 1 aromatic rings. The Morgan fingerprint density at radius 3 is 2.90 bits per heavy atom. The van der Waals surface area contributed by atoms with Gasteiger partial charge in [0, 0.05) is 6.04 Å². The van der Waals surface area contributed by atoms with Crippen LogP contribution >= 0.6 is 0 Å². The van der Waals surface area contributed by atoms with Gasteiger partial charge in [-0.05, 0) is 31.7 Å². The fourth-order valence-corrected chi connectivity index (χ4v) is 2.24. The second-order valence-corrected chi connectivity index (χ2v) is 5.31. The molecule has 1 heterocycles. The SMILES string of the molecule is CCOC(=O)c1cc(N)cnc1NC(CC)CC1CC1. The third kappa shape index (κ3) is 3.85. The largest absolute Gasteiger partial charge is 0.462 e. The van der Waals surface area contributed by atoms with Crippen LogP contribution in [-0.2, 0) is 4.74 Å². The Hall–Kier alpha value is -1.78. The molecule has 0 radical (unpaired) electrons. The minimum Gasteiger partial charge on any atom is -0.462 e. The van der Waals surface area contributed by atoms with Gasteiger partial charge in [-0.25, -0.2) is 9.78 Å². The molecule has 5 heteroatoms. The molecule has 1 saturated carbocycles. The summed E-state index contributed by atoms with van der Waals surface area (Å²) in [6, 6.07) is 1.96.